The van der Waals surface area contributed by atoms with E-state index in [0.717, 1.165) is 34.6 Å². The van der Waals surface area contributed by atoms with Crippen molar-refractivity contribution in [3.63, 3.8) is 0 Å². The van der Waals surface area contributed by atoms with Gasteiger partial charge in [-0.1, -0.05) is 61.5 Å². The van der Waals surface area contributed by atoms with Crippen molar-refractivity contribution in [1.82, 2.24) is 30.6 Å². The van der Waals surface area contributed by atoms with Gasteiger partial charge in [0.15, 0.2) is 11.6 Å². The van der Waals surface area contributed by atoms with Gasteiger partial charge in [-0.3, -0.25) is 0 Å². The Morgan fingerprint density at radius 3 is 2.61 bits per heavy atom. The summed E-state index contributed by atoms with van der Waals surface area (Å²) in [6.07, 6.45) is 2.49. The fraction of sp³-hybridized carbons (Fsp3) is 0.179. The number of pyridine rings is 2. The Balaban J connectivity index is 1.34. The van der Waals surface area contributed by atoms with Gasteiger partial charge in [0.1, 0.15) is 17.3 Å². The molecule has 0 unspecified atom stereocenters. The van der Waals surface area contributed by atoms with Crippen molar-refractivity contribution in [3.05, 3.63) is 102 Å². The monoisotopic (exact) mass is 477 g/mol. The van der Waals surface area contributed by atoms with E-state index in [1.54, 1.807) is 6.20 Å². The second-order valence-corrected chi connectivity index (χ2v) is 9.27. The van der Waals surface area contributed by atoms with Gasteiger partial charge in [0, 0.05) is 34.6 Å². The summed E-state index contributed by atoms with van der Waals surface area (Å²) in [5, 5.41) is 17.9. The first kappa shape index (κ1) is 23.2. The van der Waals surface area contributed by atoms with E-state index in [4.69, 9.17) is 9.72 Å². The minimum atomic E-state index is -0.254. The number of ether oxygens (including phenoxy) is 1. The number of hydrogen-bond acceptors (Lipinski definition) is 7. The van der Waals surface area contributed by atoms with Crippen LogP contribution in [0.1, 0.15) is 30.9 Å². The first-order valence-electron chi connectivity index (χ1n) is 11.7. The minimum absolute atomic E-state index is 0.254. The molecule has 3 aromatic heterocycles. The third kappa shape index (κ3) is 5.38. The van der Waals surface area contributed by atoms with E-state index in [9.17, 15) is 0 Å². The molecule has 5 rings (SSSR count). The summed E-state index contributed by atoms with van der Waals surface area (Å²) in [7, 11) is 0. The van der Waals surface area contributed by atoms with Crippen LogP contribution in [0.4, 0.5) is 11.5 Å². The van der Waals surface area contributed by atoms with Gasteiger partial charge >= 0.3 is 0 Å². The van der Waals surface area contributed by atoms with Gasteiger partial charge in [-0.2, -0.15) is 5.21 Å². The average Bonchev–Trinajstić information content (AvgIpc) is 3.42. The molecule has 180 valence electrons. The molecule has 0 saturated carbocycles. The molecule has 0 aliphatic heterocycles. The lowest BCUT2D eigenvalue weighted by Crippen LogP contribution is -2.22. The smallest absolute Gasteiger partial charge is 0.180 e. The lowest BCUT2D eigenvalue weighted by Gasteiger charge is -2.20. The molecule has 2 N–H and O–H groups in total. The highest BCUT2D eigenvalue weighted by Gasteiger charge is 2.26. The molecule has 0 aliphatic carbocycles. The zero-order valence-electron chi connectivity index (χ0n) is 20.4. The number of aromatic amines is 1. The number of aromatic nitrogens is 6. The van der Waals surface area contributed by atoms with Crippen LogP contribution >= 0.6 is 0 Å². The van der Waals surface area contributed by atoms with E-state index < -0.39 is 0 Å². The molecule has 5 aromatic rings. The Hall–Kier alpha value is -4.59. The number of benzene rings is 2. The highest BCUT2D eigenvalue weighted by atomic mass is 16.5. The van der Waals surface area contributed by atoms with Crippen LogP contribution in [0.25, 0.3) is 11.3 Å². The fourth-order valence-electron chi connectivity index (χ4n) is 4.04. The summed E-state index contributed by atoms with van der Waals surface area (Å²) in [6.45, 7) is 6.18. The summed E-state index contributed by atoms with van der Waals surface area (Å²) in [5.74, 6) is 2.73. The maximum absolute atomic E-state index is 6.26. The van der Waals surface area contributed by atoms with Crippen LogP contribution in [0.3, 0.4) is 0 Å². The van der Waals surface area contributed by atoms with E-state index in [-0.39, 0.29) is 5.41 Å². The van der Waals surface area contributed by atoms with Crippen molar-refractivity contribution in [1.29, 1.82) is 0 Å². The van der Waals surface area contributed by atoms with Gasteiger partial charge in [0.2, 0.25) is 0 Å². The van der Waals surface area contributed by atoms with Gasteiger partial charge in [-0.15, -0.1) is 10.2 Å². The minimum Gasteiger partial charge on any atom is -0.455 e. The lowest BCUT2D eigenvalue weighted by atomic mass is 9.85. The summed E-state index contributed by atoms with van der Waals surface area (Å²) in [5.41, 5.74) is 4.57. The fourth-order valence-corrected chi connectivity index (χ4v) is 4.04. The first-order valence-corrected chi connectivity index (χ1v) is 11.7. The Bertz CT molecular complexity index is 1450. The summed E-state index contributed by atoms with van der Waals surface area (Å²) in [6, 6.07) is 25.9. The molecule has 0 aliphatic rings. The molecule has 36 heavy (non-hydrogen) atoms. The average molecular weight is 478 g/mol. The zero-order valence-corrected chi connectivity index (χ0v) is 20.4. The standard InChI is InChI=1S/C28H27N7O/c1-19-12-13-24(26(30-19)21-9-5-4-6-10-21)36-23-14-15-29-25(17-23)31-22-11-7-8-20(16-22)18-28(2,3)27-32-34-35-33-27/h4-17H,18H2,1-3H3,(H,29,31)(H,32,33,34,35). The second-order valence-electron chi connectivity index (χ2n) is 9.27. The highest BCUT2D eigenvalue weighted by Crippen LogP contribution is 2.33. The van der Waals surface area contributed by atoms with Gasteiger partial charge in [-0.25, -0.2) is 9.97 Å². The number of nitrogens with zero attached hydrogens (tertiary/aromatic N) is 5. The molecule has 2 aromatic carbocycles. The van der Waals surface area contributed by atoms with Crippen LogP contribution in [0, 0.1) is 6.92 Å². The maximum atomic E-state index is 6.26. The van der Waals surface area contributed by atoms with Crippen LogP contribution < -0.4 is 10.1 Å². The molecule has 0 saturated heterocycles. The van der Waals surface area contributed by atoms with Gasteiger partial charge < -0.3 is 10.1 Å². The molecule has 0 radical (unpaired) electrons. The highest BCUT2D eigenvalue weighted by molar-refractivity contribution is 5.67. The molecule has 8 nitrogen and oxygen atoms in total. The molecule has 0 bridgehead atoms. The molecule has 0 fully saturated rings. The molecule has 8 heteroatoms. The largest absolute Gasteiger partial charge is 0.455 e. The quantitative estimate of drug-likeness (QED) is 0.282. The van der Waals surface area contributed by atoms with Crippen LogP contribution in [-0.2, 0) is 11.8 Å². The number of aryl methyl sites for hydroxylation is 1. The lowest BCUT2D eigenvalue weighted by molar-refractivity contribution is 0.482. The number of H-pyrrole nitrogens is 1. The Morgan fingerprint density at radius 2 is 1.81 bits per heavy atom. The molecule has 0 spiro atoms. The van der Waals surface area contributed by atoms with Crippen LogP contribution in [-0.4, -0.2) is 30.6 Å². The maximum Gasteiger partial charge on any atom is 0.180 e. The third-order valence-corrected chi connectivity index (χ3v) is 5.80. The van der Waals surface area contributed by atoms with Gasteiger partial charge in [-0.05, 0) is 49.2 Å². The Labute approximate surface area is 209 Å². The van der Waals surface area contributed by atoms with Crippen molar-refractivity contribution in [2.75, 3.05) is 5.32 Å². The summed E-state index contributed by atoms with van der Waals surface area (Å²) >= 11 is 0. The Kier molecular flexibility index (Phi) is 6.40. The molecular weight excluding hydrogens is 450 g/mol. The van der Waals surface area contributed by atoms with Crippen molar-refractivity contribution in [3.8, 4) is 22.8 Å². The number of anilines is 2. The van der Waals surface area contributed by atoms with E-state index in [2.05, 4.69) is 56.9 Å². The molecule has 0 amide bonds. The predicted octanol–water partition coefficient (Wildman–Crippen LogP) is 6.02. The van der Waals surface area contributed by atoms with E-state index >= 15 is 0 Å². The predicted molar refractivity (Wildman–Crippen MR) is 139 cm³/mol. The zero-order chi connectivity index (χ0) is 25.0. The Morgan fingerprint density at radius 1 is 0.944 bits per heavy atom. The third-order valence-electron chi connectivity index (χ3n) is 5.80. The molecule has 3 heterocycles. The van der Waals surface area contributed by atoms with Crippen LogP contribution in [0.15, 0.2) is 85.1 Å². The van der Waals surface area contributed by atoms with E-state index in [0.29, 0.717) is 23.1 Å². The number of nitrogens with one attached hydrogen (secondary N) is 2. The number of hydrogen-bond donors (Lipinski definition) is 2. The topological polar surface area (TPSA) is 102 Å². The SMILES string of the molecule is Cc1ccc(Oc2ccnc(Nc3cccc(CC(C)(C)c4nn[nH]n4)c3)c2)c(-c2ccccc2)n1. The van der Waals surface area contributed by atoms with Gasteiger partial charge in [0.25, 0.3) is 0 Å². The van der Waals surface area contributed by atoms with E-state index in [1.165, 1.54) is 0 Å². The van der Waals surface area contributed by atoms with Crippen LogP contribution in [0.2, 0.25) is 0 Å². The van der Waals surface area contributed by atoms with Crippen molar-refractivity contribution < 1.29 is 4.74 Å². The van der Waals surface area contributed by atoms with E-state index in [1.807, 2.05) is 73.7 Å². The number of tetrazole rings is 1. The number of rotatable bonds is 8. The molecule has 0 atom stereocenters. The van der Waals surface area contributed by atoms with Gasteiger partial charge in [0.05, 0.1) is 0 Å². The van der Waals surface area contributed by atoms with Crippen molar-refractivity contribution >= 4 is 11.5 Å². The van der Waals surface area contributed by atoms with Crippen molar-refractivity contribution in [2.45, 2.75) is 32.6 Å². The van der Waals surface area contributed by atoms with Crippen LogP contribution in [0.5, 0.6) is 11.5 Å². The van der Waals surface area contributed by atoms with Crippen molar-refractivity contribution in [2.24, 2.45) is 0 Å². The molecular formula is C28H27N7O. The summed E-state index contributed by atoms with van der Waals surface area (Å²) < 4.78 is 6.26. The second kappa shape index (κ2) is 9.95. The normalized spacial score (nSPS) is 11.3. The summed E-state index contributed by atoms with van der Waals surface area (Å²) in [4.78, 5) is 9.19. The first-order chi connectivity index (χ1) is 17.5.